The molecule has 0 saturated carbocycles. The van der Waals surface area contributed by atoms with Crippen molar-refractivity contribution in [3.63, 3.8) is 0 Å². The third-order valence-corrected chi connectivity index (χ3v) is 6.14. The van der Waals surface area contributed by atoms with E-state index in [1.807, 2.05) is 35.0 Å². The fourth-order valence-corrected chi connectivity index (χ4v) is 4.37. The lowest BCUT2D eigenvalue weighted by Gasteiger charge is -2.03. The Balaban J connectivity index is 1.27. The fourth-order valence-electron chi connectivity index (χ4n) is 2.24. The molecule has 0 amide bonds. The number of aromatic amines is 1. The van der Waals surface area contributed by atoms with Gasteiger partial charge in [0.1, 0.15) is 29.0 Å². The lowest BCUT2D eigenvalue weighted by Crippen LogP contribution is -1.95. The van der Waals surface area contributed by atoms with Crippen molar-refractivity contribution in [2.24, 2.45) is 0 Å². The largest absolute Gasteiger partial charge is 0.486 e. The van der Waals surface area contributed by atoms with Gasteiger partial charge in [-0.2, -0.15) is 0 Å². The third-order valence-electron chi connectivity index (χ3n) is 3.56. The van der Waals surface area contributed by atoms with Crippen molar-refractivity contribution >= 4 is 46.6 Å². The first kappa shape index (κ1) is 18.9. The van der Waals surface area contributed by atoms with Crippen LogP contribution in [0.4, 0.5) is 4.39 Å². The molecule has 0 aliphatic rings. The van der Waals surface area contributed by atoms with Crippen LogP contribution in [0.2, 0.25) is 0 Å². The van der Waals surface area contributed by atoms with E-state index in [1.165, 1.54) is 40.1 Å². The molecule has 3 aromatic heterocycles. The summed E-state index contributed by atoms with van der Waals surface area (Å²) in [6.07, 6.45) is 3.92. The van der Waals surface area contributed by atoms with E-state index >= 15 is 0 Å². The van der Waals surface area contributed by atoms with Crippen LogP contribution in [0.25, 0.3) is 12.2 Å². The molecule has 5 nitrogen and oxygen atoms in total. The average molecular weight is 431 g/mol. The fraction of sp³-hybridized carbons (Fsp3) is 0.105. The molecule has 0 unspecified atom stereocenters. The minimum Gasteiger partial charge on any atom is -0.486 e. The summed E-state index contributed by atoms with van der Waals surface area (Å²) in [5.41, 5.74) is 0.952. The minimum absolute atomic E-state index is 0.280. The van der Waals surface area contributed by atoms with Crippen molar-refractivity contribution in [2.45, 2.75) is 17.5 Å². The molecule has 4 rings (SSSR count). The molecule has 9 heteroatoms. The van der Waals surface area contributed by atoms with E-state index < -0.39 is 0 Å². The number of hydrogen-bond acceptors (Lipinski definition) is 7. The number of hydrogen-bond donors (Lipinski definition) is 1. The summed E-state index contributed by atoms with van der Waals surface area (Å²) in [6.45, 7) is 0.360. The normalized spacial score (nSPS) is 11.3. The molecule has 1 aromatic carbocycles. The van der Waals surface area contributed by atoms with Gasteiger partial charge in [-0.05, 0) is 47.9 Å². The van der Waals surface area contributed by atoms with Crippen LogP contribution in [0, 0.1) is 5.82 Å². The van der Waals surface area contributed by atoms with Gasteiger partial charge in [-0.1, -0.05) is 17.8 Å². The topological polar surface area (TPSA) is 63.7 Å². The first-order valence-corrected chi connectivity index (χ1v) is 11.1. The first-order chi connectivity index (χ1) is 13.7. The van der Waals surface area contributed by atoms with Crippen LogP contribution in [0.3, 0.4) is 0 Å². The van der Waals surface area contributed by atoms with Crippen LogP contribution >= 0.6 is 34.4 Å². The molecule has 0 bridgehead atoms. The number of rotatable bonds is 8. The molecule has 142 valence electrons. The molecule has 28 heavy (non-hydrogen) atoms. The molecule has 3 heterocycles. The first-order valence-electron chi connectivity index (χ1n) is 8.33. The monoisotopic (exact) mass is 430 g/mol. The van der Waals surface area contributed by atoms with E-state index in [2.05, 4.69) is 20.2 Å². The van der Waals surface area contributed by atoms with Crippen LogP contribution in [0.5, 0.6) is 5.75 Å². The Hall–Kier alpha value is -2.49. The quantitative estimate of drug-likeness (QED) is 0.374. The molecule has 0 saturated heterocycles. The van der Waals surface area contributed by atoms with Gasteiger partial charge in [-0.25, -0.2) is 14.4 Å². The summed E-state index contributed by atoms with van der Waals surface area (Å²) in [6, 6.07) is 10.0. The maximum atomic E-state index is 12.9. The summed E-state index contributed by atoms with van der Waals surface area (Å²) in [5.74, 6) is 1.75. The maximum absolute atomic E-state index is 12.9. The molecule has 4 aromatic rings. The summed E-state index contributed by atoms with van der Waals surface area (Å²) < 4.78 is 18.5. The number of benzene rings is 1. The van der Waals surface area contributed by atoms with E-state index in [9.17, 15) is 4.39 Å². The third kappa shape index (κ3) is 5.28. The Morgan fingerprint density at radius 2 is 2.00 bits per heavy atom. The molecule has 0 aliphatic carbocycles. The number of ether oxygens (including phenoxy) is 1. The molecule has 0 atom stereocenters. The van der Waals surface area contributed by atoms with Crippen molar-refractivity contribution in [1.82, 2.24) is 20.2 Å². The lowest BCUT2D eigenvalue weighted by molar-refractivity contribution is 0.305. The summed E-state index contributed by atoms with van der Waals surface area (Å²) in [4.78, 5) is 10.2. The van der Waals surface area contributed by atoms with E-state index in [0.717, 1.165) is 16.5 Å². The van der Waals surface area contributed by atoms with Crippen LogP contribution in [-0.2, 0) is 12.4 Å². The zero-order valence-corrected chi connectivity index (χ0v) is 17.0. The highest BCUT2D eigenvalue weighted by molar-refractivity contribution is 7.98. The van der Waals surface area contributed by atoms with Gasteiger partial charge in [-0.3, -0.25) is 5.10 Å². The Morgan fingerprint density at radius 3 is 2.82 bits per heavy atom. The molecule has 0 fully saturated rings. The highest BCUT2D eigenvalue weighted by atomic mass is 32.2. The minimum atomic E-state index is -0.280. The Bertz CT molecular complexity index is 1040. The second-order valence-corrected chi connectivity index (χ2v) is 8.48. The number of thiazole rings is 1. The van der Waals surface area contributed by atoms with Gasteiger partial charge in [0, 0.05) is 16.0 Å². The number of thiophene rings is 1. The highest BCUT2D eigenvalue weighted by Gasteiger charge is 2.07. The van der Waals surface area contributed by atoms with Crippen molar-refractivity contribution < 1.29 is 9.13 Å². The molecule has 0 aliphatic heterocycles. The second kappa shape index (κ2) is 9.13. The van der Waals surface area contributed by atoms with E-state index in [0.29, 0.717) is 23.3 Å². The van der Waals surface area contributed by atoms with Crippen LogP contribution in [0.15, 0.2) is 52.3 Å². The van der Waals surface area contributed by atoms with Gasteiger partial charge >= 0.3 is 0 Å². The van der Waals surface area contributed by atoms with Gasteiger partial charge in [0.2, 0.25) is 5.16 Å². The highest BCUT2D eigenvalue weighted by Crippen LogP contribution is 2.22. The predicted molar refractivity (Wildman–Crippen MR) is 112 cm³/mol. The summed E-state index contributed by atoms with van der Waals surface area (Å²) in [7, 11) is 0. The van der Waals surface area contributed by atoms with Crippen molar-refractivity contribution in [2.75, 3.05) is 0 Å². The van der Waals surface area contributed by atoms with Gasteiger partial charge in [0.05, 0.1) is 5.69 Å². The molecule has 1 N–H and O–H groups in total. The second-order valence-electron chi connectivity index (χ2n) is 5.62. The number of aromatic nitrogens is 4. The van der Waals surface area contributed by atoms with E-state index in [1.54, 1.807) is 23.5 Å². The number of nitrogens with zero attached hydrogens (tertiary/aromatic N) is 3. The zero-order valence-electron chi connectivity index (χ0n) is 14.5. The zero-order chi connectivity index (χ0) is 19.2. The van der Waals surface area contributed by atoms with Crippen molar-refractivity contribution in [1.29, 1.82) is 0 Å². The standard InChI is InChI=1S/C19H15FN4OS3/c20-13-3-5-15(6-4-13)25-10-18-21-14(11-27-18)12-28-19-22-17(23-24-19)8-7-16-2-1-9-26-16/h1-9,11H,10,12H2,(H,22,23,24)/b8-7+. The van der Waals surface area contributed by atoms with Crippen LogP contribution < -0.4 is 4.74 Å². The van der Waals surface area contributed by atoms with Gasteiger partial charge in [0.25, 0.3) is 0 Å². The number of thioether (sulfide) groups is 1. The van der Waals surface area contributed by atoms with E-state index in [-0.39, 0.29) is 5.82 Å². The van der Waals surface area contributed by atoms with E-state index in [4.69, 9.17) is 4.74 Å². The molecular formula is C19H15FN4OS3. The van der Waals surface area contributed by atoms with Gasteiger partial charge in [0.15, 0.2) is 0 Å². The van der Waals surface area contributed by atoms with Crippen LogP contribution in [-0.4, -0.2) is 20.2 Å². The van der Waals surface area contributed by atoms with Gasteiger partial charge in [-0.15, -0.1) is 27.8 Å². The SMILES string of the molecule is Fc1ccc(OCc2nc(CSc3n[nH]c(/C=C/c4cccs4)n3)cs2)cc1. The van der Waals surface area contributed by atoms with Crippen molar-refractivity contribution in [3.8, 4) is 5.75 Å². The molecule has 0 spiro atoms. The maximum Gasteiger partial charge on any atom is 0.209 e. The Labute approximate surface area is 173 Å². The smallest absolute Gasteiger partial charge is 0.209 e. The van der Waals surface area contributed by atoms with Crippen molar-refractivity contribution in [3.05, 3.63) is 74.4 Å². The molecular weight excluding hydrogens is 415 g/mol. The molecule has 0 radical (unpaired) electrons. The number of halogens is 1. The average Bonchev–Trinajstić information content (AvgIpc) is 3.46. The Kier molecular flexibility index (Phi) is 6.15. The number of nitrogens with one attached hydrogen (secondary N) is 1. The summed E-state index contributed by atoms with van der Waals surface area (Å²) in [5, 5.41) is 12.7. The Morgan fingerprint density at radius 1 is 1.11 bits per heavy atom. The predicted octanol–water partition coefficient (Wildman–Crippen LogP) is 5.50. The van der Waals surface area contributed by atoms with Gasteiger partial charge < -0.3 is 4.74 Å². The van der Waals surface area contributed by atoms with Crippen LogP contribution in [0.1, 0.15) is 21.4 Å². The summed E-state index contributed by atoms with van der Waals surface area (Å²) >= 11 is 4.73. The lowest BCUT2D eigenvalue weighted by atomic mass is 10.3. The number of H-pyrrole nitrogens is 1.